The molecular weight excluding hydrogens is 352 g/mol. The van der Waals surface area contributed by atoms with Gasteiger partial charge < -0.3 is 19.9 Å². The Kier molecular flexibility index (Phi) is 4.95. The third-order valence-electron chi connectivity index (χ3n) is 7.98. The van der Waals surface area contributed by atoms with E-state index in [2.05, 4.69) is 15.2 Å². The molecule has 2 aliphatic heterocycles. The summed E-state index contributed by atoms with van der Waals surface area (Å²) >= 11 is 0. The highest BCUT2D eigenvalue weighted by molar-refractivity contribution is 5.76. The monoisotopic (exact) mass is 386 g/mol. The highest BCUT2D eigenvalue weighted by atomic mass is 16.5. The normalized spacial score (nSPS) is 28.4. The average Bonchev–Trinajstić information content (AvgIpc) is 3.29. The van der Waals surface area contributed by atoms with E-state index < -0.39 is 0 Å². The van der Waals surface area contributed by atoms with Gasteiger partial charge in [0.2, 0.25) is 5.91 Å². The number of hydrogen-bond donors (Lipinski definition) is 2. The Hall–Kier alpha value is -1.40. The number of aromatic nitrogens is 2. The average molecular weight is 387 g/mol. The van der Waals surface area contributed by atoms with Crippen molar-refractivity contribution < 1.29 is 9.53 Å². The highest BCUT2D eigenvalue weighted by Gasteiger charge is 2.44. The van der Waals surface area contributed by atoms with Gasteiger partial charge in [-0.15, -0.1) is 0 Å². The molecule has 3 fully saturated rings. The van der Waals surface area contributed by atoms with Crippen LogP contribution in [0.1, 0.15) is 75.6 Å². The van der Waals surface area contributed by atoms with Gasteiger partial charge >= 0.3 is 0 Å². The van der Waals surface area contributed by atoms with Gasteiger partial charge in [0.25, 0.3) is 0 Å². The number of nitrogens with one attached hydrogen (secondary N) is 2. The van der Waals surface area contributed by atoms with E-state index in [1.54, 1.807) is 0 Å². The molecule has 2 saturated carbocycles. The lowest BCUT2D eigenvalue weighted by atomic mass is 9.70. The lowest BCUT2D eigenvalue weighted by Gasteiger charge is -2.40. The molecule has 1 aromatic heterocycles. The number of nitrogens with zero attached hydrogens (tertiary/aromatic N) is 2. The first-order valence-corrected chi connectivity index (χ1v) is 11.4. The van der Waals surface area contributed by atoms with Gasteiger partial charge in [-0.25, -0.2) is 4.98 Å². The van der Waals surface area contributed by atoms with Gasteiger partial charge in [0.05, 0.1) is 17.6 Å². The molecule has 0 radical (unpaired) electrons. The molecule has 154 valence electrons. The van der Waals surface area contributed by atoms with Gasteiger partial charge in [0, 0.05) is 37.9 Å². The van der Waals surface area contributed by atoms with Gasteiger partial charge in [-0.05, 0) is 43.9 Å². The zero-order chi connectivity index (χ0) is 19.0. The van der Waals surface area contributed by atoms with Crippen molar-refractivity contribution in [2.75, 3.05) is 19.8 Å². The van der Waals surface area contributed by atoms with E-state index in [9.17, 15) is 4.79 Å². The summed E-state index contributed by atoms with van der Waals surface area (Å²) < 4.78 is 7.68. The van der Waals surface area contributed by atoms with Crippen LogP contribution in [0.2, 0.25) is 0 Å². The van der Waals surface area contributed by atoms with Gasteiger partial charge in [0.15, 0.2) is 0 Å². The second kappa shape index (κ2) is 7.45. The van der Waals surface area contributed by atoms with Gasteiger partial charge in [0.1, 0.15) is 6.54 Å². The number of fused-ring (bicyclic) bond motifs is 2. The topological polar surface area (TPSA) is 68.2 Å². The molecule has 6 nitrogen and oxygen atoms in total. The number of carbonyl (C=O) groups excluding carboxylic acids is 1. The number of hydrogen-bond acceptors (Lipinski definition) is 4. The quantitative estimate of drug-likeness (QED) is 0.838. The molecule has 6 heteroatoms. The Morgan fingerprint density at radius 2 is 1.96 bits per heavy atom. The van der Waals surface area contributed by atoms with Crippen LogP contribution in [0.15, 0.2) is 6.33 Å². The number of imidazole rings is 1. The Bertz CT molecular complexity index is 716. The van der Waals surface area contributed by atoms with Gasteiger partial charge in [-0.2, -0.15) is 0 Å². The van der Waals surface area contributed by atoms with Crippen molar-refractivity contribution >= 4 is 5.91 Å². The molecule has 1 aromatic rings. The Labute approximate surface area is 167 Å². The molecule has 5 rings (SSSR count). The first-order chi connectivity index (χ1) is 13.7. The van der Waals surface area contributed by atoms with E-state index in [-0.39, 0.29) is 11.4 Å². The SMILES string of the molecule is O=C(Cn1cnc2c1CCNC21CCOCC1)NC1CCCC12CCCCC2. The molecule has 28 heavy (non-hydrogen) atoms. The molecule has 0 aromatic carbocycles. The zero-order valence-electron chi connectivity index (χ0n) is 17.0. The predicted molar refractivity (Wildman–Crippen MR) is 107 cm³/mol. The van der Waals surface area contributed by atoms with Gasteiger partial charge in [-0.1, -0.05) is 25.7 Å². The molecular formula is C22H34N4O2. The number of amides is 1. The molecule has 4 aliphatic rings. The molecule has 2 N–H and O–H groups in total. The third kappa shape index (κ3) is 3.18. The lowest BCUT2D eigenvalue weighted by Crippen LogP contribution is -2.51. The van der Waals surface area contributed by atoms with E-state index in [0.717, 1.165) is 51.1 Å². The summed E-state index contributed by atoms with van der Waals surface area (Å²) in [7, 11) is 0. The van der Waals surface area contributed by atoms with Crippen molar-refractivity contribution in [3.05, 3.63) is 17.7 Å². The Balaban J connectivity index is 1.29. The molecule has 3 heterocycles. The Morgan fingerprint density at radius 3 is 2.79 bits per heavy atom. The van der Waals surface area contributed by atoms with Crippen molar-refractivity contribution in [3.8, 4) is 0 Å². The standard InChI is InChI=1S/C22H34N4O2/c27-19(25-18-5-4-9-21(18)7-2-1-3-8-21)15-26-16-23-20-17(26)6-12-24-22(20)10-13-28-14-11-22/h16,18,24H,1-15H2,(H,25,27). The lowest BCUT2D eigenvalue weighted by molar-refractivity contribution is -0.123. The molecule has 1 amide bonds. The van der Waals surface area contributed by atoms with E-state index in [1.165, 1.54) is 50.6 Å². The van der Waals surface area contributed by atoms with E-state index in [0.29, 0.717) is 18.0 Å². The van der Waals surface area contributed by atoms with Crippen LogP contribution in [0.25, 0.3) is 0 Å². The molecule has 1 atom stereocenters. The van der Waals surface area contributed by atoms with Crippen LogP contribution in [0.3, 0.4) is 0 Å². The fourth-order valence-electron chi connectivity index (χ4n) is 6.46. The van der Waals surface area contributed by atoms with Crippen molar-refractivity contribution in [1.29, 1.82) is 0 Å². The van der Waals surface area contributed by atoms with Crippen LogP contribution in [0.5, 0.6) is 0 Å². The first kappa shape index (κ1) is 18.6. The molecule has 1 saturated heterocycles. The van der Waals surface area contributed by atoms with Crippen molar-refractivity contribution in [2.45, 2.75) is 88.8 Å². The van der Waals surface area contributed by atoms with Crippen molar-refractivity contribution in [1.82, 2.24) is 20.2 Å². The summed E-state index contributed by atoms with van der Waals surface area (Å²) in [5.41, 5.74) is 2.73. The van der Waals surface area contributed by atoms with Gasteiger partial charge in [-0.3, -0.25) is 4.79 Å². The van der Waals surface area contributed by atoms with Crippen LogP contribution < -0.4 is 10.6 Å². The summed E-state index contributed by atoms with van der Waals surface area (Å²) in [5, 5.41) is 7.13. The van der Waals surface area contributed by atoms with E-state index in [4.69, 9.17) is 9.72 Å². The molecule has 2 spiro atoms. The highest BCUT2D eigenvalue weighted by Crippen LogP contribution is 2.49. The summed E-state index contributed by atoms with van der Waals surface area (Å²) in [6, 6.07) is 0.378. The maximum Gasteiger partial charge on any atom is 0.240 e. The maximum atomic E-state index is 13.0. The van der Waals surface area contributed by atoms with Crippen LogP contribution in [-0.2, 0) is 28.0 Å². The number of rotatable bonds is 3. The first-order valence-electron chi connectivity index (χ1n) is 11.4. The smallest absolute Gasteiger partial charge is 0.240 e. The maximum absolute atomic E-state index is 13.0. The number of carbonyl (C=O) groups is 1. The summed E-state index contributed by atoms with van der Waals surface area (Å²) in [6.45, 7) is 2.92. The minimum atomic E-state index is -0.0504. The molecule has 0 bridgehead atoms. The van der Waals surface area contributed by atoms with E-state index in [1.807, 2.05) is 6.33 Å². The number of ether oxygens (including phenoxy) is 1. The van der Waals surface area contributed by atoms with Crippen LogP contribution in [-0.4, -0.2) is 41.3 Å². The molecule has 2 aliphatic carbocycles. The second-order valence-corrected chi connectivity index (χ2v) is 9.47. The van der Waals surface area contributed by atoms with Crippen LogP contribution in [0, 0.1) is 5.41 Å². The minimum Gasteiger partial charge on any atom is -0.381 e. The van der Waals surface area contributed by atoms with Crippen LogP contribution >= 0.6 is 0 Å². The largest absolute Gasteiger partial charge is 0.381 e. The predicted octanol–water partition coefficient (Wildman–Crippen LogP) is 2.65. The summed E-state index contributed by atoms with van der Waals surface area (Å²) in [6.07, 6.45) is 15.1. The minimum absolute atomic E-state index is 0.0504. The summed E-state index contributed by atoms with van der Waals surface area (Å²) in [5.74, 6) is 0.164. The van der Waals surface area contributed by atoms with Crippen molar-refractivity contribution in [2.24, 2.45) is 5.41 Å². The Morgan fingerprint density at radius 1 is 1.18 bits per heavy atom. The summed E-state index contributed by atoms with van der Waals surface area (Å²) in [4.78, 5) is 17.7. The molecule has 1 unspecified atom stereocenters. The third-order valence-corrected chi connectivity index (χ3v) is 7.98. The van der Waals surface area contributed by atoms with Crippen molar-refractivity contribution in [3.63, 3.8) is 0 Å². The second-order valence-electron chi connectivity index (χ2n) is 9.47. The van der Waals surface area contributed by atoms with Crippen LogP contribution in [0.4, 0.5) is 0 Å². The zero-order valence-corrected chi connectivity index (χ0v) is 17.0. The fourth-order valence-corrected chi connectivity index (χ4v) is 6.46. The fraction of sp³-hybridized carbons (Fsp3) is 0.818. The van der Waals surface area contributed by atoms with E-state index >= 15 is 0 Å².